The first-order chi connectivity index (χ1) is 8.47. The average molecular weight is 247 g/mol. The lowest BCUT2D eigenvalue weighted by atomic mass is 9.78. The second-order valence-electron chi connectivity index (χ2n) is 4.86. The molecule has 1 N–H and O–H groups in total. The van der Waals surface area contributed by atoms with Crippen molar-refractivity contribution in [1.82, 2.24) is 4.90 Å². The normalized spacial score (nSPS) is 25.3. The molecule has 0 bridgehead atoms. The second kappa shape index (κ2) is 4.53. The highest BCUT2D eigenvalue weighted by molar-refractivity contribution is 5.97. The van der Waals surface area contributed by atoms with Crippen molar-refractivity contribution in [3.63, 3.8) is 0 Å². The van der Waals surface area contributed by atoms with Crippen LogP contribution in [0.1, 0.15) is 24.8 Å². The summed E-state index contributed by atoms with van der Waals surface area (Å²) in [6.07, 6.45) is 0.293. The highest BCUT2D eigenvalue weighted by atomic mass is 16.3. The molecule has 1 aromatic rings. The maximum absolute atomic E-state index is 12.1. The van der Waals surface area contributed by atoms with Gasteiger partial charge >= 0.3 is 0 Å². The molecule has 2 unspecified atom stereocenters. The van der Waals surface area contributed by atoms with E-state index in [4.69, 9.17) is 0 Å². The number of hydrogen-bond donors (Lipinski definition) is 1. The minimum Gasteiger partial charge on any atom is -0.379 e. The van der Waals surface area contributed by atoms with E-state index in [0.717, 1.165) is 0 Å². The first-order valence-electron chi connectivity index (χ1n) is 6.00. The van der Waals surface area contributed by atoms with Crippen LogP contribution in [-0.4, -0.2) is 40.9 Å². The Morgan fingerprint density at radius 1 is 1.39 bits per heavy atom. The number of hydrogen-bond acceptors (Lipinski definition) is 3. The van der Waals surface area contributed by atoms with E-state index in [9.17, 15) is 14.7 Å². The molecule has 0 spiro atoms. The van der Waals surface area contributed by atoms with Crippen molar-refractivity contribution in [2.24, 2.45) is 0 Å². The maximum Gasteiger partial charge on any atom is 0.255 e. The topological polar surface area (TPSA) is 57.6 Å². The van der Waals surface area contributed by atoms with Gasteiger partial charge in [-0.25, -0.2) is 0 Å². The molecule has 1 amide bonds. The predicted octanol–water partition coefficient (Wildman–Crippen LogP) is 0.952. The summed E-state index contributed by atoms with van der Waals surface area (Å²) in [6.45, 7) is 1.90. The van der Waals surface area contributed by atoms with E-state index in [2.05, 4.69) is 0 Å². The van der Waals surface area contributed by atoms with E-state index < -0.39 is 11.5 Å². The maximum atomic E-state index is 12.1. The Hall–Kier alpha value is -1.68. The van der Waals surface area contributed by atoms with Gasteiger partial charge in [-0.1, -0.05) is 30.3 Å². The number of rotatable bonds is 3. The zero-order valence-corrected chi connectivity index (χ0v) is 10.6. The third-order valence-electron chi connectivity index (χ3n) is 3.56. The predicted molar refractivity (Wildman–Crippen MR) is 67.1 cm³/mol. The monoisotopic (exact) mass is 247 g/mol. The summed E-state index contributed by atoms with van der Waals surface area (Å²) in [5.41, 5.74) is -0.904. The van der Waals surface area contributed by atoms with Crippen LogP contribution in [0.3, 0.4) is 0 Å². The minimum atomic E-state index is -1.60. The Morgan fingerprint density at radius 3 is 2.44 bits per heavy atom. The van der Waals surface area contributed by atoms with Gasteiger partial charge < -0.3 is 10.0 Å². The van der Waals surface area contributed by atoms with Crippen molar-refractivity contribution in [2.75, 3.05) is 13.6 Å². The Balaban J connectivity index is 2.44. The van der Waals surface area contributed by atoms with Crippen LogP contribution in [0.15, 0.2) is 30.3 Å². The van der Waals surface area contributed by atoms with Crippen LogP contribution in [-0.2, 0) is 9.59 Å². The van der Waals surface area contributed by atoms with Crippen LogP contribution in [0.2, 0.25) is 0 Å². The molecule has 1 fully saturated rings. The summed E-state index contributed by atoms with van der Waals surface area (Å²) in [5.74, 6) is -1.34. The van der Waals surface area contributed by atoms with Crippen LogP contribution in [0, 0.1) is 0 Å². The molecular weight excluding hydrogens is 230 g/mol. The lowest BCUT2D eigenvalue weighted by molar-refractivity contribution is -0.148. The van der Waals surface area contributed by atoms with Gasteiger partial charge in [-0.2, -0.15) is 0 Å². The number of ketones is 1. The van der Waals surface area contributed by atoms with Crippen molar-refractivity contribution < 1.29 is 14.7 Å². The number of Topliss-reactive ketones (excluding diaryl/α,β-unsaturated/α-hetero) is 1. The highest BCUT2D eigenvalue weighted by Gasteiger charge is 2.51. The summed E-state index contributed by atoms with van der Waals surface area (Å²) < 4.78 is 0. The molecule has 0 aliphatic carbocycles. The number of carbonyl (C=O) groups is 2. The van der Waals surface area contributed by atoms with Crippen molar-refractivity contribution in [1.29, 1.82) is 0 Å². The molecule has 4 nitrogen and oxygen atoms in total. The number of carbonyl (C=O) groups excluding carboxylic acids is 2. The summed E-state index contributed by atoms with van der Waals surface area (Å²) >= 11 is 0. The molecule has 96 valence electrons. The van der Waals surface area contributed by atoms with Gasteiger partial charge in [0.1, 0.15) is 5.78 Å². The Morgan fingerprint density at radius 2 is 2.00 bits per heavy atom. The fourth-order valence-corrected chi connectivity index (χ4v) is 2.64. The molecule has 1 aromatic carbocycles. The number of likely N-dealkylation sites (tertiary alicyclic amines) is 1. The number of aliphatic hydroxyl groups is 1. The minimum absolute atomic E-state index is 0.188. The van der Waals surface area contributed by atoms with Crippen LogP contribution in [0.25, 0.3) is 0 Å². The van der Waals surface area contributed by atoms with Gasteiger partial charge in [0.25, 0.3) is 5.91 Å². The third kappa shape index (κ3) is 1.93. The van der Waals surface area contributed by atoms with Crippen molar-refractivity contribution in [3.05, 3.63) is 35.9 Å². The van der Waals surface area contributed by atoms with E-state index >= 15 is 0 Å². The number of nitrogens with zero attached hydrogens (tertiary/aromatic N) is 1. The summed E-state index contributed by atoms with van der Waals surface area (Å²) in [4.78, 5) is 25.4. The average Bonchev–Trinajstić information content (AvgIpc) is 2.59. The van der Waals surface area contributed by atoms with E-state index in [1.165, 1.54) is 11.8 Å². The molecule has 2 atom stereocenters. The van der Waals surface area contributed by atoms with Crippen molar-refractivity contribution >= 4 is 11.7 Å². The molecule has 1 aliphatic rings. The van der Waals surface area contributed by atoms with Crippen LogP contribution in [0.5, 0.6) is 0 Å². The molecule has 1 heterocycles. The Kier molecular flexibility index (Phi) is 3.22. The molecule has 0 aromatic heterocycles. The lowest BCUT2D eigenvalue weighted by Crippen LogP contribution is -2.46. The molecule has 4 heteroatoms. The summed E-state index contributed by atoms with van der Waals surface area (Å²) in [5, 5.41) is 10.6. The van der Waals surface area contributed by atoms with Gasteiger partial charge in [-0.3, -0.25) is 9.59 Å². The lowest BCUT2D eigenvalue weighted by Gasteiger charge is -2.29. The number of amides is 1. The molecule has 1 aliphatic heterocycles. The van der Waals surface area contributed by atoms with Gasteiger partial charge in [0, 0.05) is 20.0 Å². The summed E-state index contributed by atoms with van der Waals surface area (Å²) in [6, 6.07) is 8.99. The van der Waals surface area contributed by atoms with Crippen molar-refractivity contribution in [2.45, 2.75) is 24.9 Å². The molecular formula is C14H17NO3. The van der Waals surface area contributed by atoms with E-state index in [1.54, 1.807) is 31.3 Å². The van der Waals surface area contributed by atoms with Gasteiger partial charge in [-0.05, 0) is 12.5 Å². The van der Waals surface area contributed by atoms with Gasteiger partial charge in [-0.15, -0.1) is 0 Å². The fraction of sp³-hybridized carbons (Fsp3) is 0.429. The first-order valence-corrected chi connectivity index (χ1v) is 6.00. The zero-order valence-electron chi connectivity index (χ0n) is 10.6. The molecule has 2 rings (SSSR count). The van der Waals surface area contributed by atoms with E-state index in [0.29, 0.717) is 18.5 Å². The zero-order chi connectivity index (χ0) is 13.3. The molecule has 1 saturated heterocycles. The van der Waals surface area contributed by atoms with Gasteiger partial charge in [0.15, 0.2) is 5.60 Å². The van der Waals surface area contributed by atoms with Gasteiger partial charge in [0.05, 0.1) is 5.92 Å². The second-order valence-corrected chi connectivity index (χ2v) is 4.86. The standard InChI is InChI=1S/C14H17NO3/c1-10(16)12(11-6-4-3-5-7-11)14(18)8-9-15(2)13(14)17/h3-7,12,18H,8-9H2,1-2H3. The quantitative estimate of drug-likeness (QED) is 0.865. The SMILES string of the molecule is CC(=O)C(c1ccccc1)C1(O)CCN(C)C1=O. The first kappa shape index (κ1) is 12.8. The molecule has 0 radical (unpaired) electrons. The third-order valence-corrected chi connectivity index (χ3v) is 3.56. The van der Waals surface area contributed by atoms with E-state index in [-0.39, 0.29) is 11.7 Å². The highest BCUT2D eigenvalue weighted by Crippen LogP contribution is 2.37. The van der Waals surface area contributed by atoms with Crippen LogP contribution in [0.4, 0.5) is 0 Å². The number of likely N-dealkylation sites (N-methyl/N-ethyl adjacent to an activating group) is 1. The van der Waals surface area contributed by atoms with Gasteiger partial charge in [0.2, 0.25) is 0 Å². The largest absolute Gasteiger partial charge is 0.379 e. The Bertz CT molecular complexity index is 471. The van der Waals surface area contributed by atoms with Crippen LogP contribution < -0.4 is 0 Å². The Labute approximate surface area is 106 Å². The van der Waals surface area contributed by atoms with E-state index in [1.807, 2.05) is 6.07 Å². The molecule has 18 heavy (non-hydrogen) atoms. The smallest absolute Gasteiger partial charge is 0.255 e. The number of benzene rings is 1. The van der Waals surface area contributed by atoms with Crippen LogP contribution >= 0.6 is 0 Å². The summed E-state index contributed by atoms with van der Waals surface area (Å²) in [7, 11) is 1.64. The fourth-order valence-electron chi connectivity index (χ4n) is 2.64. The molecule has 0 saturated carbocycles. The van der Waals surface area contributed by atoms with Crippen molar-refractivity contribution in [3.8, 4) is 0 Å².